The number of hydrogen-bond acceptors (Lipinski definition) is 4. The molecule has 2 nitrogen and oxygen atoms in total. The minimum Gasteiger partial charge on any atom is -0.265 e. The van der Waals surface area contributed by atoms with E-state index in [-0.39, 0.29) is 0 Å². The number of rotatable bonds is 3. The molecule has 0 amide bonds. The molecule has 0 saturated heterocycles. The summed E-state index contributed by atoms with van der Waals surface area (Å²) in [5.74, 6) is 0. The monoisotopic (exact) mass is 236 g/mol. The molecule has 0 radical (unpaired) electrons. The Morgan fingerprint density at radius 3 is 2.67 bits per heavy atom. The van der Waals surface area contributed by atoms with E-state index in [4.69, 9.17) is 0 Å². The van der Waals surface area contributed by atoms with Crippen molar-refractivity contribution in [3.63, 3.8) is 0 Å². The first kappa shape index (κ1) is 10.6. The van der Waals surface area contributed by atoms with Gasteiger partial charge < -0.3 is 0 Å². The fourth-order valence-electron chi connectivity index (χ4n) is 1.24. The summed E-state index contributed by atoms with van der Waals surface area (Å²) in [4.78, 5) is 8.46. The number of aryl methyl sites for hydroxylation is 1. The Morgan fingerprint density at radius 1 is 1.33 bits per heavy atom. The lowest BCUT2D eigenvalue weighted by atomic mass is 10.2. The zero-order valence-corrected chi connectivity index (χ0v) is 10.3. The molecule has 0 aliphatic heterocycles. The maximum atomic E-state index is 4.44. The summed E-state index contributed by atoms with van der Waals surface area (Å²) in [5, 5.41) is 2.51. The molecule has 2 heterocycles. The maximum Gasteiger partial charge on any atom is 0.150 e. The molecule has 0 aliphatic carbocycles. The van der Waals surface area contributed by atoms with Crippen LogP contribution in [-0.2, 0) is 0 Å². The van der Waals surface area contributed by atoms with Gasteiger partial charge in [0.1, 0.15) is 0 Å². The van der Waals surface area contributed by atoms with E-state index in [0.29, 0.717) is 5.25 Å². The average Bonchev–Trinajstić information content (AvgIpc) is 2.65. The molecule has 2 aromatic heterocycles. The summed E-state index contributed by atoms with van der Waals surface area (Å²) in [5.41, 5.74) is 2.40. The summed E-state index contributed by atoms with van der Waals surface area (Å²) in [6.07, 6.45) is 3.67. The summed E-state index contributed by atoms with van der Waals surface area (Å²) in [7, 11) is 0. The smallest absolute Gasteiger partial charge is 0.150 e. The standard InChI is InChI=1S/C11H12N2S2/c1-8-7-14-11(13-8)15-9(2)10-3-5-12-6-4-10/h3-7,9H,1-2H3/t9-/m1/s1. The van der Waals surface area contributed by atoms with Crippen molar-refractivity contribution in [1.82, 2.24) is 9.97 Å². The minimum absolute atomic E-state index is 0.429. The van der Waals surface area contributed by atoms with Crippen molar-refractivity contribution in [2.75, 3.05) is 0 Å². The van der Waals surface area contributed by atoms with Crippen LogP contribution >= 0.6 is 23.1 Å². The third kappa shape index (κ3) is 2.79. The van der Waals surface area contributed by atoms with Crippen LogP contribution in [0.15, 0.2) is 34.2 Å². The second kappa shape index (κ2) is 4.77. The third-order valence-corrected chi connectivity index (χ3v) is 4.30. The largest absolute Gasteiger partial charge is 0.265 e. The predicted molar refractivity (Wildman–Crippen MR) is 65.4 cm³/mol. The molecule has 0 aromatic carbocycles. The number of aromatic nitrogens is 2. The van der Waals surface area contributed by atoms with Crippen LogP contribution in [0.1, 0.15) is 23.4 Å². The van der Waals surface area contributed by atoms with E-state index in [0.717, 1.165) is 10.0 Å². The molecule has 15 heavy (non-hydrogen) atoms. The van der Waals surface area contributed by atoms with Gasteiger partial charge in [0.15, 0.2) is 4.34 Å². The van der Waals surface area contributed by atoms with Gasteiger partial charge in [-0.2, -0.15) is 0 Å². The van der Waals surface area contributed by atoms with Crippen molar-refractivity contribution < 1.29 is 0 Å². The van der Waals surface area contributed by atoms with E-state index in [1.165, 1.54) is 5.56 Å². The van der Waals surface area contributed by atoms with Crippen molar-refractivity contribution in [3.05, 3.63) is 41.2 Å². The van der Waals surface area contributed by atoms with Crippen LogP contribution in [-0.4, -0.2) is 9.97 Å². The Labute approximate surface area is 97.8 Å². The van der Waals surface area contributed by atoms with E-state index in [9.17, 15) is 0 Å². The highest BCUT2D eigenvalue weighted by Gasteiger charge is 2.09. The zero-order chi connectivity index (χ0) is 10.7. The van der Waals surface area contributed by atoms with Crippen LogP contribution in [0, 0.1) is 6.92 Å². The van der Waals surface area contributed by atoms with Crippen molar-refractivity contribution in [2.45, 2.75) is 23.4 Å². The number of thioether (sulfide) groups is 1. The lowest BCUT2D eigenvalue weighted by Gasteiger charge is -2.08. The third-order valence-electron chi connectivity index (χ3n) is 2.05. The molecule has 1 atom stereocenters. The van der Waals surface area contributed by atoms with E-state index < -0.39 is 0 Å². The first-order chi connectivity index (χ1) is 7.25. The Bertz CT molecular complexity index is 425. The number of nitrogens with zero attached hydrogens (tertiary/aromatic N) is 2. The minimum atomic E-state index is 0.429. The van der Waals surface area contributed by atoms with Crippen molar-refractivity contribution in [1.29, 1.82) is 0 Å². The maximum absolute atomic E-state index is 4.44. The van der Waals surface area contributed by atoms with Crippen molar-refractivity contribution in [2.24, 2.45) is 0 Å². The highest BCUT2D eigenvalue weighted by atomic mass is 32.2. The first-order valence-electron chi connectivity index (χ1n) is 4.74. The molecule has 0 bridgehead atoms. The molecule has 0 fully saturated rings. The molecule has 0 saturated carbocycles. The fourth-order valence-corrected chi connectivity index (χ4v) is 3.35. The Kier molecular flexibility index (Phi) is 3.38. The molecule has 2 aromatic rings. The Morgan fingerprint density at radius 2 is 2.07 bits per heavy atom. The Balaban J connectivity index is 2.07. The number of thiazole rings is 1. The van der Waals surface area contributed by atoms with Gasteiger partial charge in [-0.05, 0) is 31.5 Å². The van der Waals surface area contributed by atoms with Gasteiger partial charge in [0.05, 0.1) is 0 Å². The number of pyridine rings is 1. The van der Waals surface area contributed by atoms with E-state index in [2.05, 4.69) is 34.4 Å². The highest BCUT2D eigenvalue weighted by Crippen LogP contribution is 2.35. The normalized spacial score (nSPS) is 12.7. The summed E-state index contributed by atoms with van der Waals surface area (Å²) >= 11 is 3.51. The predicted octanol–water partition coefficient (Wildman–Crippen LogP) is 3.70. The average molecular weight is 236 g/mol. The SMILES string of the molecule is Cc1csc(S[C@H](C)c2ccncc2)n1. The van der Waals surface area contributed by atoms with Crippen LogP contribution in [0.4, 0.5) is 0 Å². The topological polar surface area (TPSA) is 25.8 Å². The zero-order valence-electron chi connectivity index (χ0n) is 8.68. The van der Waals surface area contributed by atoms with Gasteiger partial charge in [-0.1, -0.05) is 11.8 Å². The van der Waals surface area contributed by atoms with Gasteiger partial charge in [-0.3, -0.25) is 4.98 Å². The summed E-state index contributed by atoms with van der Waals surface area (Å²) in [6.45, 7) is 4.22. The molecule has 0 spiro atoms. The molecule has 0 aliphatic rings. The first-order valence-corrected chi connectivity index (χ1v) is 6.50. The highest BCUT2D eigenvalue weighted by molar-refractivity contribution is 8.01. The fraction of sp³-hybridized carbons (Fsp3) is 0.273. The number of hydrogen-bond donors (Lipinski definition) is 0. The van der Waals surface area contributed by atoms with Crippen LogP contribution < -0.4 is 0 Å². The van der Waals surface area contributed by atoms with Crippen LogP contribution in [0.2, 0.25) is 0 Å². The molecule has 78 valence electrons. The van der Waals surface area contributed by atoms with E-state index in [1.54, 1.807) is 23.1 Å². The molecule has 0 N–H and O–H groups in total. The van der Waals surface area contributed by atoms with Crippen LogP contribution in [0.25, 0.3) is 0 Å². The van der Waals surface area contributed by atoms with Crippen molar-refractivity contribution >= 4 is 23.1 Å². The lowest BCUT2D eigenvalue weighted by molar-refractivity contribution is 1.07. The Hall–Kier alpha value is -0.870. The van der Waals surface area contributed by atoms with Gasteiger partial charge in [-0.25, -0.2) is 4.98 Å². The second-order valence-corrected chi connectivity index (χ2v) is 5.74. The van der Waals surface area contributed by atoms with Crippen LogP contribution in [0.3, 0.4) is 0 Å². The van der Waals surface area contributed by atoms with Crippen molar-refractivity contribution in [3.8, 4) is 0 Å². The molecule has 0 unspecified atom stereocenters. The quantitative estimate of drug-likeness (QED) is 0.760. The summed E-state index contributed by atoms with van der Waals surface area (Å²) < 4.78 is 1.14. The van der Waals surface area contributed by atoms with Gasteiger partial charge in [0.25, 0.3) is 0 Å². The molecular weight excluding hydrogens is 224 g/mol. The summed E-state index contributed by atoms with van der Waals surface area (Å²) in [6, 6.07) is 4.11. The molecular formula is C11H12N2S2. The van der Waals surface area contributed by atoms with Gasteiger partial charge in [0.2, 0.25) is 0 Å². The van der Waals surface area contributed by atoms with Gasteiger partial charge in [0, 0.05) is 28.7 Å². The molecule has 4 heteroatoms. The molecule has 2 rings (SSSR count). The second-order valence-electron chi connectivity index (χ2n) is 3.30. The van der Waals surface area contributed by atoms with E-state index >= 15 is 0 Å². The lowest BCUT2D eigenvalue weighted by Crippen LogP contribution is -1.87. The van der Waals surface area contributed by atoms with Gasteiger partial charge in [-0.15, -0.1) is 11.3 Å². The van der Waals surface area contributed by atoms with E-state index in [1.807, 2.05) is 19.3 Å². The van der Waals surface area contributed by atoms with Crippen LogP contribution in [0.5, 0.6) is 0 Å². The van der Waals surface area contributed by atoms with Gasteiger partial charge >= 0.3 is 0 Å².